The normalized spacial score (nSPS) is 14.1. The molecule has 1 atom stereocenters. The van der Waals surface area contributed by atoms with Gasteiger partial charge in [-0.1, -0.05) is 13.8 Å². The summed E-state index contributed by atoms with van der Waals surface area (Å²) in [6, 6.07) is 0. The number of carbonyl (C=O) groups excluding carboxylic acids is 1. The number of rotatable bonds is 2. The highest BCUT2D eigenvalue weighted by Crippen LogP contribution is 2.11. The highest BCUT2D eigenvalue weighted by molar-refractivity contribution is 5.80. The first kappa shape index (κ1) is 7.67. The third-order valence-corrected chi connectivity index (χ3v) is 1.19. The SMILES string of the molecule is [CH2]C([C](C)C)C(C)=O. The van der Waals surface area contributed by atoms with Crippen molar-refractivity contribution in [2.24, 2.45) is 5.92 Å². The molecule has 46 valence electrons. The van der Waals surface area contributed by atoms with E-state index >= 15 is 0 Å². The van der Waals surface area contributed by atoms with Crippen molar-refractivity contribution in [1.29, 1.82) is 0 Å². The van der Waals surface area contributed by atoms with Crippen LogP contribution in [0.1, 0.15) is 20.8 Å². The van der Waals surface area contributed by atoms with E-state index in [1.165, 1.54) is 0 Å². The molecule has 0 aromatic carbocycles. The maximum absolute atomic E-state index is 10.5. The molecule has 0 N–H and O–H groups in total. The highest BCUT2D eigenvalue weighted by Gasteiger charge is 2.11. The van der Waals surface area contributed by atoms with Crippen LogP contribution in [0.3, 0.4) is 0 Å². The van der Waals surface area contributed by atoms with Crippen LogP contribution in [-0.4, -0.2) is 5.78 Å². The van der Waals surface area contributed by atoms with Crippen LogP contribution in [0.25, 0.3) is 0 Å². The average molecular weight is 112 g/mol. The van der Waals surface area contributed by atoms with E-state index < -0.39 is 0 Å². The summed E-state index contributed by atoms with van der Waals surface area (Å²) in [5, 5.41) is 0. The number of hydrogen-bond donors (Lipinski definition) is 0. The smallest absolute Gasteiger partial charge is 0.133 e. The van der Waals surface area contributed by atoms with Gasteiger partial charge in [0.1, 0.15) is 5.78 Å². The lowest BCUT2D eigenvalue weighted by Gasteiger charge is -2.08. The zero-order valence-electron chi connectivity index (χ0n) is 5.69. The highest BCUT2D eigenvalue weighted by atomic mass is 16.1. The zero-order valence-corrected chi connectivity index (χ0v) is 5.69. The third kappa shape index (κ3) is 2.10. The van der Waals surface area contributed by atoms with Gasteiger partial charge in [-0.05, 0) is 19.8 Å². The summed E-state index contributed by atoms with van der Waals surface area (Å²) in [4.78, 5) is 10.5. The molecule has 0 bridgehead atoms. The minimum absolute atomic E-state index is 0.102. The van der Waals surface area contributed by atoms with Gasteiger partial charge in [-0.2, -0.15) is 0 Å². The fourth-order valence-electron chi connectivity index (χ4n) is 0.407. The summed E-state index contributed by atoms with van der Waals surface area (Å²) < 4.78 is 0. The van der Waals surface area contributed by atoms with Gasteiger partial charge < -0.3 is 0 Å². The predicted molar refractivity (Wildman–Crippen MR) is 34.1 cm³/mol. The minimum atomic E-state index is -0.102. The molecule has 0 fully saturated rings. The van der Waals surface area contributed by atoms with E-state index in [2.05, 4.69) is 6.92 Å². The fraction of sp³-hybridized carbons (Fsp3) is 0.571. The number of Topliss-reactive ketones (excluding diaryl/α,β-unsaturated/α-hetero) is 1. The summed E-state index contributed by atoms with van der Waals surface area (Å²) in [5.74, 6) is 1.12. The van der Waals surface area contributed by atoms with E-state index in [1.54, 1.807) is 6.92 Å². The molecule has 0 aliphatic carbocycles. The van der Waals surface area contributed by atoms with Gasteiger partial charge in [-0.15, -0.1) is 0 Å². The molecule has 0 aromatic rings. The number of carbonyl (C=O) groups is 1. The lowest BCUT2D eigenvalue weighted by atomic mass is 9.95. The van der Waals surface area contributed by atoms with Gasteiger partial charge in [-0.25, -0.2) is 0 Å². The van der Waals surface area contributed by atoms with Gasteiger partial charge >= 0.3 is 0 Å². The van der Waals surface area contributed by atoms with Gasteiger partial charge in [0.05, 0.1) is 0 Å². The van der Waals surface area contributed by atoms with E-state index in [0.29, 0.717) is 0 Å². The van der Waals surface area contributed by atoms with Crippen molar-refractivity contribution in [2.75, 3.05) is 0 Å². The van der Waals surface area contributed by atoms with Crippen LogP contribution in [0.2, 0.25) is 0 Å². The molecule has 0 saturated carbocycles. The summed E-state index contributed by atoms with van der Waals surface area (Å²) in [5.41, 5.74) is 0. The van der Waals surface area contributed by atoms with Crippen LogP contribution in [0.5, 0.6) is 0 Å². The molecule has 0 amide bonds. The van der Waals surface area contributed by atoms with Crippen LogP contribution >= 0.6 is 0 Å². The molecule has 0 saturated heterocycles. The second-order valence-corrected chi connectivity index (χ2v) is 2.24. The molecule has 2 radical (unpaired) electrons. The largest absolute Gasteiger partial charge is 0.300 e. The zero-order chi connectivity index (χ0) is 6.73. The first-order chi connectivity index (χ1) is 3.55. The fourth-order valence-corrected chi connectivity index (χ4v) is 0.407. The van der Waals surface area contributed by atoms with Gasteiger partial charge in [0.25, 0.3) is 0 Å². The molecular formula is C7H12O. The van der Waals surface area contributed by atoms with Crippen molar-refractivity contribution in [2.45, 2.75) is 20.8 Å². The maximum Gasteiger partial charge on any atom is 0.133 e. The average Bonchev–Trinajstić information content (AvgIpc) is 1.64. The Bertz CT molecular complexity index is 84.4. The Morgan fingerprint density at radius 2 is 1.75 bits per heavy atom. The van der Waals surface area contributed by atoms with Gasteiger partial charge in [0.15, 0.2) is 0 Å². The Hall–Kier alpha value is -0.330. The quantitative estimate of drug-likeness (QED) is 0.530. The van der Waals surface area contributed by atoms with E-state index in [4.69, 9.17) is 0 Å². The minimum Gasteiger partial charge on any atom is -0.300 e. The summed E-state index contributed by atoms with van der Waals surface area (Å²) in [6.45, 7) is 9.04. The van der Waals surface area contributed by atoms with Gasteiger partial charge in [0.2, 0.25) is 0 Å². The summed E-state index contributed by atoms with van der Waals surface area (Å²) in [6.07, 6.45) is 0. The van der Waals surface area contributed by atoms with Crippen molar-refractivity contribution in [3.05, 3.63) is 12.8 Å². The van der Waals surface area contributed by atoms with E-state index in [-0.39, 0.29) is 11.7 Å². The van der Waals surface area contributed by atoms with Gasteiger partial charge in [-0.3, -0.25) is 4.79 Å². The van der Waals surface area contributed by atoms with E-state index in [1.807, 2.05) is 13.8 Å². The van der Waals surface area contributed by atoms with Crippen molar-refractivity contribution in [3.8, 4) is 0 Å². The molecule has 1 unspecified atom stereocenters. The van der Waals surface area contributed by atoms with Crippen LogP contribution in [0.15, 0.2) is 0 Å². The second kappa shape index (κ2) is 2.85. The molecule has 0 aliphatic rings. The Kier molecular flexibility index (Phi) is 2.74. The summed E-state index contributed by atoms with van der Waals surface area (Å²) in [7, 11) is 0. The Labute approximate surface area is 51.1 Å². The molecule has 0 aromatic heterocycles. The molecule has 1 nitrogen and oxygen atoms in total. The van der Waals surface area contributed by atoms with E-state index in [9.17, 15) is 4.79 Å². The molecular weight excluding hydrogens is 100 g/mol. The molecule has 8 heavy (non-hydrogen) atoms. The van der Waals surface area contributed by atoms with Crippen molar-refractivity contribution >= 4 is 5.78 Å². The number of hydrogen-bond acceptors (Lipinski definition) is 1. The van der Waals surface area contributed by atoms with Crippen LogP contribution in [-0.2, 0) is 4.79 Å². The lowest BCUT2D eigenvalue weighted by Crippen LogP contribution is -2.11. The monoisotopic (exact) mass is 112 g/mol. The Balaban J connectivity index is 3.64. The van der Waals surface area contributed by atoms with Gasteiger partial charge in [0, 0.05) is 5.92 Å². The lowest BCUT2D eigenvalue weighted by molar-refractivity contribution is -0.119. The second-order valence-electron chi connectivity index (χ2n) is 2.24. The van der Waals surface area contributed by atoms with Crippen LogP contribution < -0.4 is 0 Å². The van der Waals surface area contributed by atoms with Crippen molar-refractivity contribution in [1.82, 2.24) is 0 Å². The van der Waals surface area contributed by atoms with Crippen molar-refractivity contribution in [3.63, 3.8) is 0 Å². The van der Waals surface area contributed by atoms with Crippen LogP contribution in [0.4, 0.5) is 0 Å². The maximum atomic E-state index is 10.5. The first-order valence-corrected chi connectivity index (χ1v) is 2.69. The molecule has 1 heteroatoms. The topological polar surface area (TPSA) is 17.1 Å². The third-order valence-electron chi connectivity index (χ3n) is 1.19. The van der Waals surface area contributed by atoms with Crippen molar-refractivity contribution < 1.29 is 4.79 Å². The Morgan fingerprint density at radius 3 is 1.75 bits per heavy atom. The van der Waals surface area contributed by atoms with E-state index in [0.717, 1.165) is 5.92 Å². The van der Waals surface area contributed by atoms with Crippen LogP contribution in [0, 0.1) is 18.8 Å². The first-order valence-electron chi connectivity index (χ1n) is 2.69. The number of ketones is 1. The molecule has 0 aliphatic heterocycles. The Morgan fingerprint density at radius 1 is 1.38 bits per heavy atom. The predicted octanol–water partition coefficient (Wildman–Crippen LogP) is 1.64. The molecule has 0 spiro atoms. The standard InChI is InChI=1S/C7H12O/c1-5(2)6(3)7(4)8/h6H,3H2,1-2,4H3. The summed E-state index contributed by atoms with van der Waals surface area (Å²) >= 11 is 0. The molecule has 0 rings (SSSR count). The molecule has 0 heterocycles.